The summed E-state index contributed by atoms with van der Waals surface area (Å²) in [4.78, 5) is 13.1. The molecule has 1 aliphatic carbocycles. The van der Waals surface area contributed by atoms with Gasteiger partial charge in [0.1, 0.15) is 0 Å². The molecule has 1 N–H and O–H groups in total. The van der Waals surface area contributed by atoms with Gasteiger partial charge in [0.15, 0.2) is 0 Å². The summed E-state index contributed by atoms with van der Waals surface area (Å²) >= 11 is 0. The Kier molecular flexibility index (Phi) is 7.19. The number of carbonyl (C=O) groups excluding carboxylic acids is 1. The maximum absolute atomic E-state index is 13.1. The van der Waals surface area contributed by atoms with Gasteiger partial charge in [-0.1, -0.05) is 55.9 Å². The summed E-state index contributed by atoms with van der Waals surface area (Å²) in [5.74, 6) is -0.136. The molecule has 1 aliphatic rings. The fourth-order valence-corrected chi connectivity index (χ4v) is 5.21. The predicted molar refractivity (Wildman–Crippen MR) is 122 cm³/mol. The molecule has 0 unspecified atom stereocenters. The molecule has 3 rings (SSSR count). The number of aryl methyl sites for hydroxylation is 2. The Morgan fingerprint density at radius 2 is 1.53 bits per heavy atom. The van der Waals surface area contributed by atoms with Crippen LogP contribution in [0, 0.1) is 13.8 Å². The maximum Gasteiger partial charge on any atom is 0.264 e. The quantitative estimate of drug-likeness (QED) is 0.731. The van der Waals surface area contributed by atoms with Crippen LogP contribution in [-0.4, -0.2) is 27.4 Å². The van der Waals surface area contributed by atoms with E-state index < -0.39 is 10.0 Å². The molecule has 30 heavy (non-hydrogen) atoms. The van der Waals surface area contributed by atoms with Crippen molar-refractivity contribution in [2.45, 2.75) is 69.7 Å². The van der Waals surface area contributed by atoms with E-state index in [0.717, 1.165) is 36.8 Å². The van der Waals surface area contributed by atoms with Gasteiger partial charge in [-0.3, -0.25) is 9.10 Å². The zero-order chi connectivity index (χ0) is 21.7. The standard InChI is InChI=1S/C24H32N2O3S/c1-18-11-15-22(16-12-18)30(28,29)26(3)23-17-20(14-13-19(23)2)24(27)25-21-9-7-5-4-6-8-10-21/h11-17,21H,4-10H2,1-3H3,(H,25,27). The van der Waals surface area contributed by atoms with E-state index in [1.807, 2.05) is 19.9 Å². The molecule has 0 atom stereocenters. The van der Waals surface area contributed by atoms with Crippen LogP contribution in [0.1, 0.15) is 66.4 Å². The Morgan fingerprint density at radius 3 is 2.17 bits per heavy atom. The van der Waals surface area contributed by atoms with Crippen molar-refractivity contribution in [2.24, 2.45) is 0 Å². The second-order valence-electron chi connectivity index (χ2n) is 8.30. The molecule has 6 heteroatoms. The summed E-state index contributed by atoms with van der Waals surface area (Å²) in [5.41, 5.74) is 2.81. The van der Waals surface area contributed by atoms with E-state index in [9.17, 15) is 13.2 Å². The second kappa shape index (κ2) is 9.65. The number of nitrogens with one attached hydrogen (secondary N) is 1. The van der Waals surface area contributed by atoms with Crippen LogP contribution >= 0.6 is 0 Å². The number of nitrogens with zero attached hydrogens (tertiary/aromatic N) is 1. The lowest BCUT2D eigenvalue weighted by atomic mass is 9.96. The largest absolute Gasteiger partial charge is 0.349 e. The Bertz CT molecular complexity index is 976. The summed E-state index contributed by atoms with van der Waals surface area (Å²) in [5, 5.41) is 3.16. The molecule has 0 spiro atoms. The van der Waals surface area contributed by atoms with Gasteiger partial charge in [-0.15, -0.1) is 0 Å². The third-order valence-electron chi connectivity index (χ3n) is 5.93. The minimum atomic E-state index is -3.71. The molecule has 0 aliphatic heterocycles. The fraction of sp³-hybridized carbons (Fsp3) is 0.458. The Balaban J connectivity index is 1.81. The van der Waals surface area contributed by atoms with E-state index in [2.05, 4.69) is 5.32 Å². The van der Waals surface area contributed by atoms with Crippen molar-refractivity contribution in [3.63, 3.8) is 0 Å². The highest BCUT2D eigenvalue weighted by Gasteiger charge is 2.24. The van der Waals surface area contributed by atoms with E-state index >= 15 is 0 Å². The lowest BCUT2D eigenvalue weighted by Crippen LogP contribution is -2.35. The van der Waals surface area contributed by atoms with Crippen molar-refractivity contribution >= 4 is 21.6 Å². The van der Waals surface area contributed by atoms with Crippen molar-refractivity contribution in [1.29, 1.82) is 0 Å². The van der Waals surface area contributed by atoms with Gasteiger partial charge in [0.2, 0.25) is 0 Å². The van der Waals surface area contributed by atoms with Gasteiger partial charge in [-0.2, -0.15) is 0 Å². The number of carbonyl (C=O) groups is 1. The number of rotatable bonds is 5. The average Bonchev–Trinajstić information content (AvgIpc) is 2.70. The molecule has 0 radical (unpaired) electrons. The van der Waals surface area contributed by atoms with Crippen LogP contribution < -0.4 is 9.62 Å². The number of hydrogen-bond donors (Lipinski definition) is 1. The first-order chi connectivity index (χ1) is 14.3. The SMILES string of the molecule is Cc1ccc(S(=O)(=O)N(C)c2cc(C(=O)NC3CCCCCCC3)ccc2C)cc1. The topological polar surface area (TPSA) is 66.5 Å². The molecule has 0 heterocycles. The van der Waals surface area contributed by atoms with Crippen LogP contribution in [0.3, 0.4) is 0 Å². The molecule has 1 saturated carbocycles. The van der Waals surface area contributed by atoms with E-state index in [4.69, 9.17) is 0 Å². The molecule has 1 fully saturated rings. The molecule has 0 bridgehead atoms. The lowest BCUT2D eigenvalue weighted by molar-refractivity contribution is 0.0930. The monoisotopic (exact) mass is 428 g/mol. The minimum absolute atomic E-state index is 0.136. The van der Waals surface area contributed by atoms with Gasteiger partial charge in [-0.05, 0) is 56.5 Å². The molecule has 1 amide bonds. The Morgan fingerprint density at radius 1 is 0.933 bits per heavy atom. The normalized spacial score (nSPS) is 15.8. The first-order valence-corrected chi connectivity index (χ1v) is 12.2. The van der Waals surface area contributed by atoms with Gasteiger partial charge in [0.05, 0.1) is 10.6 Å². The van der Waals surface area contributed by atoms with Crippen molar-refractivity contribution in [3.05, 3.63) is 59.2 Å². The van der Waals surface area contributed by atoms with Crippen LogP contribution in [0.5, 0.6) is 0 Å². The smallest absolute Gasteiger partial charge is 0.264 e. The predicted octanol–water partition coefficient (Wildman–Crippen LogP) is 4.97. The summed E-state index contributed by atoms with van der Waals surface area (Å²) in [6.45, 7) is 3.77. The van der Waals surface area contributed by atoms with Crippen molar-refractivity contribution in [3.8, 4) is 0 Å². The van der Waals surface area contributed by atoms with E-state index in [-0.39, 0.29) is 16.8 Å². The van der Waals surface area contributed by atoms with Crippen LogP contribution in [0.25, 0.3) is 0 Å². The van der Waals surface area contributed by atoms with Gasteiger partial charge in [0, 0.05) is 18.7 Å². The molecule has 0 aromatic heterocycles. The highest BCUT2D eigenvalue weighted by Crippen LogP contribution is 2.27. The highest BCUT2D eigenvalue weighted by molar-refractivity contribution is 7.92. The van der Waals surface area contributed by atoms with Gasteiger partial charge in [-0.25, -0.2) is 8.42 Å². The second-order valence-corrected chi connectivity index (χ2v) is 10.3. The first kappa shape index (κ1) is 22.3. The van der Waals surface area contributed by atoms with Gasteiger partial charge in [0.25, 0.3) is 15.9 Å². The van der Waals surface area contributed by atoms with Crippen molar-refractivity contribution < 1.29 is 13.2 Å². The summed E-state index contributed by atoms with van der Waals surface area (Å²) in [6, 6.07) is 12.2. The Labute approximate surface area is 180 Å². The van der Waals surface area contributed by atoms with Crippen LogP contribution in [0.2, 0.25) is 0 Å². The molecule has 2 aromatic rings. The third-order valence-corrected chi connectivity index (χ3v) is 7.72. The molecular formula is C24H32N2O3S. The van der Waals surface area contributed by atoms with Gasteiger partial charge >= 0.3 is 0 Å². The summed E-state index contributed by atoms with van der Waals surface area (Å²) in [6.07, 6.45) is 8.02. The number of anilines is 1. The maximum atomic E-state index is 13.1. The van der Waals surface area contributed by atoms with Crippen molar-refractivity contribution in [1.82, 2.24) is 5.32 Å². The first-order valence-electron chi connectivity index (χ1n) is 10.8. The zero-order valence-electron chi connectivity index (χ0n) is 18.1. The Hall–Kier alpha value is -2.34. The highest BCUT2D eigenvalue weighted by atomic mass is 32.2. The van der Waals surface area contributed by atoms with Crippen LogP contribution in [0.4, 0.5) is 5.69 Å². The molecule has 162 valence electrons. The van der Waals surface area contributed by atoms with Crippen molar-refractivity contribution in [2.75, 3.05) is 11.4 Å². The zero-order valence-corrected chi connectivity index (χ0v) is 19.0. The summed E-state index contributed by atoms with van der Waals surface area (Å²) < 4.78 is 27.4. The third kappa shape index (κ3) is 5.22. The molecule has 0 saturated heterocycles. The molecular weight excluding hydrogens is 396 g/mol. The van der Waals surface area contributed by atoms with E-state index in [1.165, 1.54) is 30.6 Å². The summed E-state index contributed by atoms with van der Waals surface area (Å²) in [7, 11) is -2.17. The van der Waals surface area contributed by atoms with E-state index in [1.54, 1.807) is 36.4 Å². The number of sulfonamides is 1. The minimum Gasteiger partial charge on any atom is -0.349 e. The van der Waals surface area contributed by atoms with Crippen LogP contribution in [0.15, 0.2) is 47.4 Å². The number of benzene rings is 2. The van der Waals surface area contributed by atoms with Gasteiger partial charge < -0.3 is 5.32 Å². The number of amides is 1. The number of hydrogen-bond acceptors (Lipinski definition) is 3. The fourth-order valence-electron chi connectivity index (χ4n) is 3.96. The van der Waals surface area contributed by atoms with Crippen LogP contribution in [-0.2, 0) is 10.0 Å². The molecule has 2 aromatic carbocycles. The lowest BCUT2D eigenvalue weighted by Gasteiger charge is -2.23. The average molecular weight is 429 g/mol. The van der Waals surface area contributed by atoms with E-state index in [0.29, 0.717) is 11.3 Å². The molecule has 5 nitrogen and oxygen atoms in total.